The molecule has 4 N–H and O–H groups in total. The summed E-state index contributed by atoms with van der Waals surface area (Å²) in [5.41, 5.74) is 6.41. The topological polar surface area (TPSA) is 142 Å². The second-order valence-electron chi connectivity index (χ2n) is 8.53. The molecule has 1 aromatic carbocycles. The molecule has 2 aromatic rings. The molecular formula is C24H27F2N7O4. The van der Waals surface area contributed by atoms with Gasteiger partial charge in [-0.1, -0.05) is 0 Å². The summed E-state index contributed by atoms with van der Waals surface area (Å²) in [6, 6.07) is 6.28. The van der Waals surface area contributed by atoms with Gasteiger partial charge in [0.05, 0.1) is 24.2 Å². The van der Waals surface area contributed by atoms with Gasteiger partial charge in [0.15, 0.2) is 0 Å². The van der Waals surface area contributed by atoms with Crippen molar-refractivity contribution in [1.29, 1.82) is 0 Å². The van der Waals surface area contributed by atoms with Crippen LogP contribution in [0.5, 0.6) is 0 Å². The first kappa shape index (κ1) is 27.4. The van der Waals surface area contributed by atoms with Crippen molar-refractivity contribution < 1.29 is 28.0 Å². The summed E-state index contributed by atoms with van der Waals surface area (Å²) in [6.07, 6.45) is -0.642. The van der Waals surface area contributed by atoms with E-state index in [0.29, 0.717) is 29.7 Å². The van der Waals surface area contributed by atoms with Crippen LogP contribution in [0.2, 0.25) is 0 Å². The average molecular weight is 516 g/mol. The normalized spacial score (nSPS) is 16.2. The highest BCUT2D eigenvalue weighted by Gasteiger charge is 2.50. The monoisotopic (exact) mass is 515 g/mol. The highest BCUT2D eigenvalue weighted by atomic mass is 19.3. The second kappa shape index (κ2) is 11.7. The number of hydrogen-bond acceptors (Lipinski definition) is 6. The van der Waals surface area contributed by atoms with E-state index in [9.17, 15) is 28.0 Å². The largest absolute Gasteiger partial charge is 0.355 e. The number of fused-ring (bicyclic) bond motifs is 1. The third-order valence-electron chi connectivity index (χ3n) is 5.88. The van der Waals surface area contributed by atoms with E-state index in [2.05, 4.69) is 20.5 Å². The predicted octanol–water partition coefficient (Wildman–Crippen LogP) is 0.895. The van der Waals surface area contributed by atoms with Crippen molar-refractivity contribution in [2.75, 3.05) is 38.1 Å². The first-order chi connectivity index (χ1) is 17.6. The molecule has 1 aliphatic rings. The molecule has 0 unspecified atom stereocenters. The molecule has 1 atom stereocenters. The fraction of sp³-hybridized carbons (Fsp3) is 0.417. The number of anilines is 1. The van der Waals surface area contributed by atoms with Crippen molar-refractivity contribution in [3.05, 3.63) is 47.4 Å². The number of rotatable bonds is 9. The van der Waals surface area contributed by atoms with E-state index in [1.165, 1.54) is 24.2 Å². The van der Waals surface area contributed by atoms with Crippen LogP contribution in [-0.4, -0.2) is 78.8 Å². The molecule has 1 fully saturated rings. The minimum Gasteiger partial charge on any atom is -0.355 e. The van der Waals surface area contributed by atoms with E-state index in [4.69, 9.17) is 12.3 Å². The van der Waals surface area contributed by atoms with E-state index in [1.54, 1.807) is 18.2 Å². The molecule has 0 bridgehead atoms. The van der Waals surface area contributed by atoms with Gasteiger partial charge in [-0.25, -0.2) is 15.4 Å². The van der Waals surface area contributed by atoms with Gasteiger partial charge in [-0.05, 0) is 24.3 Å². The van der Waals surface area contributed by atoms with Crippen molar-refractivity contribution in [2.45, 2.75) is 31.4 Å². The van der Waals surface area contributed by atoms with Crippen molar-refractivity contribution in [1.82, 2.24) is 20.5 Å². The first-order valence-corrected chi connectivity index (χ1v) is 11.5. The lowest BCUT2D eigenvalue weighted by Gasteiger charge is -2.19. The predicted molar refractivity (Wildman–Crippen MR) is 130 cm³/mol. The first-order valence-electron chi connectivity index (χ1n) is 11.5. The van der Waals surface area contributed by atoms with Crippen LogP contribution in [0.1, 0.15) is 29.6 Å². The average Bonchev–Trinajstić information content (AvgIpc) is 3.22. The zero-order valence-electron chi connectivity index (χ0n) is 20.2. The molecule has 196 valence electrons. The fourth-order valence-electron chi connectivity index (χ4n) is 3.89. The Bertz CT molecular complexity index is 1250. The van der Waals surface area contributed by atoms with Gasteiger partial charge in [-0.2, -0.15) is 0 Å². The van der Waals surface area contributed by atoms with Crippen molar-refractivity contribution in [3.63, 3.8) is 0 Å². The summed E-state index contributed by atoms with van der Waals surface area (Å²) in [5.74, 6) is -5.19. The van der Waals surface area contributed by atoms with Gasteiger partial charge in [-0.15, -0.1) is 0 Å². The maximum Gasteiger partial charge on any atom is 0.306 e. The Labute approximate surface area is 211 Å². The lowest BCUT2D eigenvalue weighted by Crippen LogP contribution is -2.42. The summed E-state index contributed by atoms with van der Waals surface area (Å²) < 4.78 is 27.3. The summed E-state index contributed by atoms with van der Waals surface area (Å²) in [7, 11) is 1.54. The number of amides is 4. The minimum absolute atomic E-state index is 0.00268. The molecule has 1 aromatic heterocycles. The summed E-state index contributed by atoms with van der Waals surface area (Å²) in [6.45, 7) is 6.24. The van der Waals surface area contributed by atoms with Gasteiger partial charge >= 0.3 is 6.17 Å². The molecular weight excluding hydrogens is 488 g/mol. The zero-order valence-corrected chi connectivity index (χ0v) is 20.2. The number of aromatic nitrogens is 1. The van der Waals surface area contributed by atoms with Crippen LogP contribution in [0.3, 0.4) is 0 Å². The molecule has 0 aliphatic carbocycles. The van der Waals surface area contributed by atoms with Crippen LogP contribution in [0.4, 0.5) is 14.5 Å². The van der Waals surface area contributed by atoms with Crippen LogP contribution < -0.4 is 21.3 Å². The van der Waals surface area contributed by atoms with Gasteiger partial charge in [0, 0.05) is 50.2 Å². The maximum atomic E-state index is 13.6. The van der Waals surface area contributed by atoms with E-state index < -0.39 is 43.4 Å². The second-order valence-corrected chi connectivity index (χ2v) is 8.53. The van der Waals surface area contributed by atoms with Gasteiger partial charge in [0.2, 0.25) is 17.7 Å². The van der Waals surface area contributed by atoms with Crippen LogP contribution in [0.15, 0.2) is 30.5 Å². The Kier molecular flexibility index (Phi) is 8.67. The quantitative estimate of drug-likeness (QED) is 0.424. The Morgan fingerprint density at radius 3 is 2.70 bits per heavy atom. The molecule has 37 heavy (non-hydrogen) atoms. The summed E-state index contributed by atoms with van der Waals surface area (Å²) in [5, 5.41) is 5.41. The summed E-state index contributed by atoms with van der Waals surface area (Å²) >= 11 is 0. The minimum atomic E-state index is -3.15. The number of benzene rings is 1. The Balaban J connectivity index is 1.70. The Morgan fingerprint density at radius 2 is 2.00 bits per heavy atom. The summed E-state index contributed by atoms with van der Waals surface area (Å²) in [4.78, 5) is 59.1. The third kappa shape index (κ3) is 6.73. The van der Waals surface area contributed by atoms with Gasteiger partial charge < -0.3 is 21.3 Å². The van der Waals surface area contributed by atoms with E-state index in [1.807, 2.05) is 0 Å². The van der Waals surface area contributed by atoms with E-state index in [-0.39, 0.29) is 30.2 Å². The molecule has 0 spiro atoms. The number of likely N-dealkylation sites (tertiary alicyclic amines) is 1. The number of alkyl halides is 2. The molecule has 11 nitrogen and oxygen atoms in total. The number of pyridine rings is 1. The number of halogens is 2. The molecule has 0 radical (unpaired) electrons. The van der Waals surface area contributed by atoms with Crippen molar-refractivity contribution in [2.24, 2.45) is 5.73 Å². The number of nitrogens with zero attached hydrogens (tertiary/aromatic N) is 4. The number of hydrogen-bond donors (Lipinski definition) is 3. The smallest absolute Gasteiger partial charge is 0.306 e. The zero-order chi connectivity index (χ0) is 27.2. The van der Waals surface area contributed by atoms with Gasteiger partial charge in [0.1, 0.15) is 6.42 Å². The highest BCUT2D eigenvalue weighted by Crippen LogP contribution is 2.32. The fourth-order valence-corrected chi connectivity index (χ4v) is 3.89. The lowest BCUT2D eigenvalue weighted by atomic mass is 10.1. The molecule has 1 aliphatic heterocycles. The van der Waals surface area contributed by atoms with E-state index in [0.717, 1.165) is 4.90 Å². The Hall–Kier alpha value is -4.18. The lowest BCUT2D eigenvalue weighted by molar-refractivity contribution is -0.131. The van der Waals surface area contributed by atoms with Crippen LogP contribution in [0.25, 0.3) is 15.7 Å². The maximum absolute atomic E-state index is 13.6. The standard InChI is InChI=1S/C24H27F2N7O4/c1-28-19-12-24(25,26)14-33(19)22(36)13-31-23(37)16-7-9-29-18-4-3-15(11-17(16)18)32(2)21(35)6-5-20(34)30-10-8-27/h3-4,7,9,11,19H,5-6,8,10,12-14,27H2,2H3,(H,30,34)(H,31,37)/t19-/m0/s1. The van der Waals surface area contributed by atoms with Gasteiger partial charge in [0.25, 0.3) is 11.8 Å². The molecule has 1 saturated heterocycles. The third-order valence-corrected chi connectivity index (χ3v) is 5.88. The van der Waals surface area contributed by atoms with Crippen molar-refractivity contribution in [3.8, 4) is 0 Å². The highest BCUT2D eigenvalue weighted by molar-refractivity contribution is 6.08. The molecule has 0 saturated carbocycles. The van der Waals surface area contributed by atoms with Gasteiger partial charge in [-0.3, -0.25) is 33.9 Å². The molecule has 13 heteroatoms. The number of carbonyl (C=O) groups excluding carboxylic acids is 4. The van der Waals surface area contributed by atoms with Crippen LogP contribution in [-0.2, 0) is 14.4 Å². The van der Waals surface area contributed by atoms with Crippen LogP contribution >= 0.6 is 0 Å². The Morgan fingerprint density at radius 1 is 1.24 bits per heavy atom. The number of carbonyl (C=O) groups is 4. The number of nitrogens with two attached hydrogens (primary N) is 1. The van der Waals surface area contributed by atoms with Crippen LogP contribution in [0, 0.1) is 6.57 Å². The molecule has 3 rings (SSSR count). The van der Waals surface area contributed by atoms with E-state index >= 15 is 0 Å². The number of nitrogens with one attached hydrogen (secondary N) is 2. The SMILES string of the molecule is [C-]#[N+][C@@H]1CC(F)(F)CN1C(=O)CNC(=O)c1ccnc2ccc(N(C)C(=O)CCC(=O)NCCN)cc12. The molecule has 2 heterocycles. The van der Waals surface area contributed by atoms with Crippen molar-refractivity contribution >= 4 is 40.2 Å². The molecule has 4 amide bonds.